The van der Waals surface area contributed by atoms with Crippen molar-refractivity contribution in [1.82, 2.24) is 20.4 Å². The molecule has 0 saturated carbocycles. The summed E-state index contributed by atoms with van der Waals surface area (Å²) in [6.07, 6.45) is 2.41. The van der Waals surface area contributed by atoms with Gasteiger partial charge in [-0.3, -0.25) is 4.90 Å². The van der Waals surface area contributed by atoms with Gasteiger partial charge in [0, 0.05) is 50.7 Å². The van der Waals surface area contributed by atoms with E-state index in [2.05, 4.69) is 80.2 Å². The number of guanidine groups is 1. The van der Waals surface area contributed by atoms with Gasteiger partial charge in [-0.2, -0.15) is 0 Å². The number of piperazine rings is 1. The van der Waals surface area contributed by atoms with Gasteiger partial charge in [-0.1, -0.05) is 36.4 Å². The van der Waals surface area contributed by atoms with E-state index < -0.39 is 0 Å². The standard InChI is InChI=1S/C23H35N5S.HI/c1-2-24-23(26-19-22-11-8-18-29-22)25-12-6-7-13-27-14-16-28(17-15-27)20-21-9-4-3-5-10-21;/h3-5,8-11,18H,2,6-7,12-17,19-20H2,1H3,(H2,24,25,26);1H. The van der Waals surface area contributed by atoms with Crippen molar-refractivity contribution in [3.8, 4) is 0 Å². The first-order chi connectivity index (χ1) is 14.3. The molecule has 0 unspecified atom stereocenters. The van der Waals surface area contributed by atoms with Crippen molar-refractivity contribution in [2.45, 2.75) is 32.9 Å². The van der Waals surface area contributed by atoms with Crippen LogP contribution in [-0.4, -0.2) is 61.6 Å². The Kier molecular flexibility index (Phi) is 12.4. The summed E-state index contributed by atoms with van der Waals surface area (Å²) >= 11 is 1.76. The van der Waals surface area contributed by atoms with Gasteiger partial charge >= 0.3 is 0 Å². The minimum atomic E-state index is 0. The summed E-state index contributed by atoms with van der Waals surface area (Å²) in [5.41, 5.74) is 1.42. The van der Waals surface area contributed by atoms with Crippen molar-refractivity contribution in [2.24, 2.45) is 4.99 Å². The SMILES string of the molecule is CCNC(=NCc1cccs1)NCCCCN1CCN(Cc2ccccc2)CC1.I. The molecule has 30 heavy (non-hydrogen) atoms. The first-order valence-electron chi connectivity index (χ1n) is 10.9. The van der Waals surface area contributed by atoms with Crippen LogP contribution in [0.5, 0.6) is 0 Å². The molecule has 0 atom stereocenters. The van der Waals surface area contributed by atoms with Gasteiger partial charge in [-0.25, -0.2) is 4.99 Å². The molecule has 0 radical (unpaired) electrons. The molecule has 7 heteroatoms. The summed E-state index contributed by atoms with van der Waals surface area (Å²) < 4.78 is 0. The smallest absolute Gasteiger partial charge is 0.191 e. The molecule has 5 nitrogen and oxygen atoms in total. The predicted molar refractivity (Wildman–Crippen MR) is 140 cm³/mol. The van der Waals surface area contributed by atoms with Crippen LogP contribution in [0.2, 0.25) is 0 Å². The molecule has 2 aromatic rings. The Morgan fingerprint density at radius 3 is 2.43 bits per heavy atom. The summed E-state index contributed by atoms with van der Waals surface area (Å²) in [7, 11) is 0. The van der Waals surface area contributed by atoms with Gasteiger partial charge in [0.15, 0.2) is 5.96 Å². The fourth-order valence-corrected chi connectivity index (χ4v) is 4.21. The molecule has 3 rings (SSSR count). The van der Waals surface area contributed by atoms with E-state index in [1.807, 2.05) is 0 Å². The quantitative estimate of drug-likeness (QED) is 0.207. The molecule has 0 aliphatic carbocycles. The molecule has 166 valence electrons. The lowest BCUT2D eigenvalue weighted by Gasteiger charge is -2.34. The van der Waals surface area contributed by atoms with Crippen molar-refractivity contribution >= 4 is 41.3 Å². The summed E-state index contributed by atoms with van der Waals surface area (Å²) in [6, 6.07) is 15.0. The summed E-state index contributed by atoms with van der Waals surface area (Å²) in [4.78, 5) is 11.2. The summed E-state index contributed by atoms with van der Waals surface area (Å²) in [6.45, 7) is 11.7. The van der Waals surface area contributed by atoms with Crippen LogP contribution in [0.25, 0.3) is 0 Å². The van der Waals surface area contributed by atoms with E-state index in [-0.39, 0.29) is 24.0 Å². The van der Waals surface area contributed by atoms with Gasteiger partial charge in [0.25, 0.3) is 0 Å². The van der Waals surface area contributed by atoms with E-state index in [1.165, 1.54) is 56.0 Å². The summed E-state index contributed by atoms with van der Waals surface area (Å²) in [5.74, 6) is 0.926. The van der Waals surface area contributed by atoms with Crippen LogP contribution in [0, 0.1) is 0 Å². The Morgan fingerprint density at radius 2 is 1.73 bits per heavy atom. The summed E-state index contributed by atoms with van der Waals surface area (Å²) in [5, 5.41) is 8.91. The average molecular weight is 542 g/mol. The largest absolute Gasteiger partial charge is 0.357 e. The van der Waals surface area contributed by atoms with E-state index >= 15 is 0 Å². The maximum absolute atomic E-state index is 4.68. The van der Waals surface area contributed by atoms with Crippen molar-refractivity contribution in [3.05, 3.63) is 58.3 Å². The topological polar surface area (TPSA) is 42.9 Å². The Bertz CT molecular complexity index is 700. The highest BCUT2D eigenvalue weighted by Gasteiger charge is 2.16. The molecular weight excluding hydrogens is 505 g/mol. The van der Waals surface area contributed by atoms with Gasteiger partial charge in [0.2, 0.25) is 0 Å². The van der Waals surface area contributed by atoms with Crippen molar-refractivity contribution in [3.63, 3.8) is 0 Å². The zero-order valence-electron chi connectivity index (χ0n) is 18.1. The maximum Gasteiger partial charge on any atom is 0.191 e. The van der Waals surface area contributed by atoms with Crippen LogP contribution in [0.1, 0.15) is 30.2 Å². The van der Waals surface area contributed by atoms with Crippen LogP contribution in [-0.2, 0) is 13.1 Å². The number of halogens is 1. The number of hydrogen-bond acceptors (Lipinski definition) is 4. The zero-order valence-corrected chi connectivity index (χ0v) is 21.2. The molecule has 2 heterocycles. The molecular formula is C23H36IN5S. The Balaban J connectivity index is 0.00000320. The van der Waals surface area contributed by atoms with Gasteiger partial charge in [-0.15, -0.1) is 35.3 Å². The second-order valence-corrected chi connectivity index (χ2v) is 8.54. The molecule has 1 fully saturated rings. The third-order valence-corrected chi connectivity index (χ3v) is 6.09. The molecule has 0 amide bonds. The van der Waals surface area contributed by atoms with E-state index in [0.29, 0.717) is 0 Å². The van der Waals surface area contributed by atoms with Crippen LogP contribution in [0.15, 0.2) is 52.8 Å². The number of benzene rings is 1. The molecule has 0 bridgehead atoms. The first kappa shape index (κ1) is 25.1. The van der Waals surface area contributed by atoms with Gasteiger partial charge in [0.1, 0.15) is 0 Å². The van der Waals surface area contributed by atoms with E-state index in [9.17, 15) is 0 Å². The van der Waals surface area contributed by atoms with E-state index in [0.717, 1.165) is 32.1 Å². The number of nitrogens with zero attached hydrogens (tertiary/aromatic N) is 3. The Morgan fingerprint density at radius 1 is 0.967 bits per heavy atom. The molecule has 0 spiro atoms. The number of thiophene rings is 1. The van der Waals surface area contributed by atoms with Gasteiger partial charge < -0.3 is 15.5 Å². The highest BCUT2D eigenvalue weighted by Crippen LogP contribution is 2.10. The first-order valence-corrected chi connectivity index (χ1v) is 11.7. The number of nitrogens with one attached hydrogen (secondary N) is 2. The highest BCUT2D eigenvalue weighted by molar-refractivity contribution is 14.0. The van der Waals surface area contributed by atoms with Crippen LogP contribution in [0.4, 0.5) is 0 Å². The third-order valence-electron chi connectivity index (χ3n) is 5.22. The number of hydrogen-bond donors (Lipinski definition) is 2. The van der Waals surface area contributed by atoms with Crippen molar-refractivity contribution in [1.29, 1.82) is 0 Å². The molecule has 1 aromatic heterocycles. The monoisotopic (exact) mass is 541 g/mol. The molecule has 1 aliphatic rings. The highest BCUT2D eigenvalue weighted by atomic mass is 127. The average Bonchev–Trinajstić information content (AvgIpc) is 3.27. The van der Waals surface area contributed by atoms with E-state index in [4.69, 9.17) is 0 Å². The second kappa shape index (κ2) is 14.8. The van der Waals surface area contributed by atoms with Crippen LogP contribution >= 0.6 is 35.3 Å². The normalized spacial score (nSPS) is 15.6. The third kappa shape index (κ3) is 9.32. The Labute approximate surface area is 203 Å². The lowest BCUT2D eigenvalue weighted by atomic mass is 10.2. The second-order valence-electron chi connectivity index (χ2n) is 7.51. The van der Waals surface area contributed by atoms with Gasteiger partial charge in [0.05, 0.1) is 6.54 Å². The number of aliphatic imine (C=N–C) groups is 1. The van der Waals surface area contributed by atoms with Gasteiger partial charge in [-0.05, 0) is 43.3 Å². The molecule has 1 aliphatic heterocycles. The van der Waals surface area contributed by atoms with Crippen molar-refractivity contribution in [2.75, 3.05) is 45.8 Å². The number of unbranched alkanes of at least 4 members (excludes halogenated alkanes) is 1. The predicted octanol–water partition coefficient (Wildman–Crippen LogP) is 4.02. The minimum Gasteiger partial charge on any atom is -0.357 e. The van der Waals surface area contributed by atoms with Crippen molar-refractivity contribution < 1.29 is 0 Å². The number of rotatable bonds is 10. The fourth-order valence-electron chi connectivity index (χ4n) is 3.58. The fraction of sp³-hybridized carbons (Fsp3) is 0.522. The van der Waals surface area contributed by atoms with E-state index in [1.54, 1.807) is 11.3 Å². The molecule has 1 aromatic carbocycles. The Hall–Kier alpha value is -1.16. The molecule has 1 saturated heterocycles. The van der Waals surface area contributed by atoms with Crippen LogP contribution < -0.4 is 10.6 Å². The minimum absolute atomic E-state index is 0. The lowest BCUT2D eigenvalue weighted by Crippen LogP contribution is -2.46. The maximum atomic E-state index is 4.68. The lowest BCUT2D eigenvalue weighted by molar-refractivity contribution is 0.126. The van der Waals surface area contributed by atoms with Crippen LogP contribution in [0.3, 0.4) is 0 Å². The zero-order chi connectivity index (χ0) is 20.2. The molecule has 2 N–H and O–H groups in total.